The summed E-state index contributed by atoms with van der Waals surface area (Å²) in [4.78, 5) is 43.0. The van der Waals surface area contributed by atoms with Gasteiger partial charge in [-0.1, -0.05) is 12.1 Å². The van der Waals surface area contributed by atoms with Crippen LogP contribution in [0.5, 0.6) is 5.75 Å². The standard InChI is InChI=1S/C28H25FN4O4/c1-17(30-2)27(36)32-24-10-11-25(20-4-3-5-23(34)13-20)33(28(24)37)16-18-12-21(15-31-14-18)26(35)19-6-8-22(29)9-7-19/h3-15,17,30,34H,16H2,1-2H3,(H,32,36)/t17-/m1/s1. The highest BCUT2D eigenvalue weighted by Gasteiger charge is 2.17. The van der Waals surface area contributed by atoms with E-state index >= 15 is 0 Å². The molecule has 4 rings (SSSR count). The summed E-state index contributed by atoms with van der Waals surface area (Å²) in [5.74, 6) is -1.12. The van der Waals surface area contributed by atoms with Crippen LogP contribution in [-0.2, 0) is 11.3 Å². The maximum absolute atomic E-state index is 13.5. The second-order valence-corrected chi connectivity index (χ2v) is 8.49. The molecule has 0 aliphatic rings. The molecule has 2 aromatic heterocycles. The summed E-state index contributed by atoms with van der Waals surface area (Å²) in [5, 5.41) is 15.5. The summed E-state index contributed by atoms with van der Waals surface area (Å²) < 4.78 is 14.7. The molecule has 37 heavy (non-hydrogen) atoms. The van der Waals surface area contributed by atoms with E-state index in [0.29, 0.717) is 22.4 Å². The Morgan fingerprint density at radius 3 is 2.49 bits per heavy atom. The summed E-state index contributed by atoms with van der Waals surface area (Å²) in [7, 11) is 1.64. The van der Waals surface area contributed by atoms with Crippen molar-refractivity contribution in [1.82, 2.24) is 14.9 Å². The molecular weight excluding hydrogens is 475 g/mol. The van der Waals surface area contributed by atoms with Gasteiger partial charge < -0.3 is 20.3 Å². The topological polar surface area (TPSA) is 113 Å². The van der Waals surface area contributed by atoms with Crippen LogP contribution in [0.3, 0.4) is 0 Å². The molecule has 2 aromatic carbocycles. The van der Waals surface area contributed by atoms with Crippen LogP contribution in [0.15, 0.2) is 83.9 Å². The van der Waals surface area contributed by atoms with E-state index in [1.165, 1.54) is 59.4 Å². The van der Waals surface area contributed by atoms with E-state index in [2.05, 4.69) is 15.6 Å². The smallest absolute Gasteiger partial charge is 0.275 e. The van der Waals surface area contributed by atoms with Gasteiger partial charge in [0.05, 0.1) is 18.3 Å². The van der Waals surface area contributed by atoms with Crippen LogP contribution in [-0.4, -0.2) is 39.4 Å². The minimum atomic E-state index is -0.517. The van der Waals surface area contributed by atoms with E-state index in [0.717, 1.165) is 0 Å². The highest BCUT2D eigenvalue weighted by Crippen LogP contribution is 2.24. The van der Waals surface area contributed by atoms with E-state index in [4.69, 9.17) is 0 Å². The molecule has 0 radical (unpaired) electrons. The summed E-state index contributed by atoms with van der Waals surface area (Å²) in [6, 6.07) is 16.0. The zero-order chi connectivity index (χ0) is 26.5. The number of rotatable bonds is 8. The number of carbonyl (C=O) groups is 2. The maximum Gasteiger partial charge on any atom is 0.275 e. The van der Waals surface area contributed by atoms with Crippen LogP contribution < -0.4 is 16.2 Å². The Labute approximate surface area is 212 Å². The number of amides is 1. The fourth-order valence-electron chi connectivity index (χ4n) is 3.77. The number of ketones is 1. The molecule has 0 saturated heterocycles. The lowest BCUT2D eigenvalue weighted by molar-refractivity contribution is -0.117. The Morgan fingerprint density at radius 1 is 1.03 bits per heavy atom. The van der Waals surface area contributed by atoms with E-state index < -0.39 is 17.4 Å². The summed E-state index contributed by atoms with van der Waals surface area (Å²) in [6.45, 7) is 1.71. The van der Waals surface area contributed by atoms with Gasteiger partial charge in [0.2, 0.25) is 5.91 Å². The molecule has 0 unspecified atom stereocenters. The normalized spacial score (nSPS) is 11.6. The number of hydrogen-bond acceptors (Lipinski definition) is 6. The Hall–Kier alpha value is -4.63. The number of hydrogen-bond donors (Lipinski definition) is 3. The zero-order valence-corrected chi connectivity index (χ0v) is 20.2. The molecule has 1 amide bonds. The first kappa shape index (κ1) is 25.5. The van der Waals surface area contributed by atoms with Crippen molar-refractivity contribution in [3.05, 3.63) is 112 Å². The Bertz CT molecular complexity index is 1520. The average molecular weight is 501 g/mol. The third kappa shape index (κ3) is 5.79. The van der Waals surface area contributed by atoms with Crippen molar-refractivity contribution in [2.24, 2.45) is 0 Å². The van der Waals surface area contributed by atoms with Gasteiger partial charge in [0.15, 0.2) is 5.78 Å². The zero-order valence-electron chi connectivity index (χ0n) is 20.2. The van der Waals surface area contributed by atoms with Crippen molar-refractivity contribution in [3.8, 4) is 17.0 Å². The van der Waals surface area contributed by atoms with Crippen LogP contribution in [0, 0.1) is 5.82 Å². The van der Waals surface area contributed by atoms with Crippen molar-refractivity contribution >= 4 is 17.4 Å². The Morgan fingerprint density at radius 2 is 1.78 bits per heavy atom. The Kier molecular flexibility index (Phi) is 7.55. The maximum atomic E-state index is 13.5. The van der Waals surface area contributed by atoms with Crippen LogP contribution >= 0.6 is 0 Å². The molecule has 188 valence electrons. The lowest BCUT2D eigenvalue weighted by Gasteiger charge is -2.17. The number of carbonyl (C=O) groups excluding carboxylic acids is 2. The molecule has 9 heteroatoms. The predicted molar refractivity (Wildman–Crippen MR) is 138 cm³/mol. The number of aromatic nitrogens is 2. The fourth-order valence-corrected chi connectivity index (χ4v) is 3.77. The molecule has 2 heterocycles. The molecule has 0 saturated carbocycles. The molecule has 0 fully saturated rings. The van der Waals surface area contributed by atoms with Gasteiger partial charge in [-0.25, -0.2) is 4.39 Å². The molecule has 1 atom stereocenters. The average Bonchev–Trinajstić information content (AvgIpc) is 2.90. The van der Waals surface area contributed by atoms with E-state index in [1.807, 2.05) is 0 Å². The highest BCUT2D eigenvalue weighted by molar-refractivity contribution is 6.08. The number of nitrogens with one attached hydrogen (secondary N) is 2. The second-order valence-electron chi connectivity index (χ2n) is 8.49. The number of phenolic OH excluding ortho intramolecular Hbond substituents is 1. The van der Waals surface area contributed by atoms with Crippen LogP contribution in [0.25, 0.3) is 11.3 Å². The number of aromatic hydroxyl groups is 1. The molecule has 3 N–H and O–H groups in total. The number of benzene rings is 2. The molecule has 0 bridgehead atoms. The van der Waals surface area contributed by atoms with Gasteiger partial charge >= 0.3 is 0 Å². The van der Waals surface area contributed by atoms with Gasteiger partial charge in [-0.15, -0.1) is 0 Å². The largest absolute Gasteiger partial charge is 0.508 e. The SMILES string of the molecule is CN[C@H](C)C(=O)Nc1ccc(-c2cccc(O)c2)n(Cc2cncc(C(=O)c3ccc(F)cc3)c2)c1=O. The van der Waals surface area contributed by atoms with Gasteiger partial charge in [-0.3, -0.25) is 19.4 Å². The predicted octanol–water partition coefficient (Wildman–Crippen LogP) is 3.58. The lowest BCUT2D eigenvalue weighted by atomic mass is 10.0. The first-order valence-corrected chi connectivity index (χ1v) is 11.5. The van der Waals surface area contributed by atoms with Gasteiger partial charge in [-0.05, 0) is 74.1 Å². The minimum Gasteiger partial charge on any atom is -0.508 e. The lowest BCUT2D eigenvalue weighted by Crippen LogP contribution is -2.37. The third-order valence-corrected chi connectivity index (χ3v) is 5.90. The number of phenols is 1. The van der Waals surface area contributed by atoms with Gasteiger partial charge in [-0.2, -0.15) is 0 Å². The van der Waals surface area contributed by atoms with Gasteiger partial charge in [0.1, 0.15) is 17.3 Å². The molecular formula is C28H25FN4O4. The molecule has 8 nitrogen and oxygen atoms in total. The first-order chi connectivity index (χ1) is 17.8. The van der Waals surface area contributed by atoms with Gasteiger partial charge in [0.25, 0.3) is 5.56 Å². The molecule has 4 aromatic rings. The minimum absolute atomic E-state index is 0.0327. The first-order valence-electron chi connectivity index (χ1n) is 11.5. The number of nitrogens with zero attached hydrogens (tertiary/aromatic N) is 2. The van der Waals surface area contributed by atoms with E-state index in [9.17, 15) is 23.9 Å². The van der Waals surface area contributed by atoms with E-state index in [-0.39, 0.29) is 35.2 Å². The fraction of sp³-hybridized carbons (Fsp3) is 0.143. The summed E-state index contributed by atoms with van der Waals surface area (Å²) in [6.07, 6.45) is 2.94. The summed E-state index contributed by atoms with van der Waals surface area (Å²) >= 11 is 0. The summed E-state index contributed by atoms with van der Waals surface area (Å²) in [5.41, 5.74) is 1.85. The number of anilines is 1. The number of likely N-dealkylation sites (N-methyl/N-ethyl adjacent to an activating group) is 1. The molecule has 0 spiro atoms. The van der Waals surface area contributed by atoms with Crippen molar-refractivity contribution in [3.63, 3.8) is 0 Å². The number of pyridine rings is 2. The van der Waals surface area contributed by atoms with Crippen LogP contribution in [0.4, 0.5) is 10.1 Å². The quantitative estimate of drug-likeness (QED) is 0.319. The van der Waals surface area contributed by atoms with E-state index in [1.54, 1.807) is 38.2 Å². The van der Waals surface area contributed by atoms with Crippen molar-refractivity contribution < 1.29 is 19.1 Å². The monoisotopic (exact) mass is 500 g/mol. The highest BCUT2D eigenvalue weighted by atomic mass is 19.1. The van der Waals surface area contributed by atoms with Crippen LogP contribution in [0.1, 0.15) is 28.4 Å². The third-order valence-electron chi connectivity index (χ3n) is 5.90. The van der Waals surface area contributed by atoms with Crippen molar-refractivity contribution in [2.75, 3.05) is 12.4 Å². The van der Waals surface area contributed by atoms with Gasteiger partial charge in [0, 0.05) is 29.1 Å². The van der Waals surface area contributed by atoms with Crippen LogP contribution in [0.2, 0.25) is 0 Å². The molecule has 0 aliphatic heterocycles. The number of halogens is 1. The Balaban J connectivity index is 1.75. The second kappa shape index (κ2) is 11.0. The van der Waals surface area contributed by atoms with Crippen molar-refractivity contribution in [2.45, 2.75) is 19.5 Å². The molecule has 0 aliphatic carbocycles. The van der Waals surface area contributed by atoms with Crippen molar-refractivity contribution in [1.29, 1.82) is 0 Å².